The second-order valence-electron chi connectivity index (χ2n) is 7.58. The van der Waals surface area contributed by atoms with Crippen molar-refractivity contribution in [2.24, 2.45) is 5.73 Å². The Bertz CT molecular complexity index is 1250. The molecule has 2 amide bonds. The number of benzene rings is 3. The number of amides is 2. The fourth-order valence-electron chi connectivity index (χ4n) is 3.09. The largest absolute Gasteiger partial charge is 0.334 e. The summed E-state index contributed by atoms with van der Waals surface area (Å²) < 4.78 is 0. The van der Waals surface area contributed by atoms with E-state index in [0.717, 1.165) is 43.7 Å². The Morgan fingerprint density at radius 3 is 2.27 bits per heavy atom. The number of nitrogens with one attached hydrogen (secondary N) is 2. The zero-order valence-corrected chi connectivity index (χ0v) is 20.0. The lowest BCUT2D eigenvalue weighted by atomic mass is 10.1. The van der Waals surface area contributed by atoms with Crippen molar-refractivity contribution in [1.29, 1.82) is 0 Å². The van der Waals surface area contributed by atoms with Gasteiger partial charge < -0.3 is 16.4 Å². The van der Waals surface area contributed by atoms with Gasteiger partial charge >= 0.3 is 6.03 Å². The van der Waals surface area contributed by atoms with E-state index in [9.17, 15) is 4.79 Å². The molecule has 170 valence electrons. The molecule has 0 unspecified atom stereocenters. The Kier molecular flexibility index (Phi) is 8.66. The number of rotatable bonds is 4. The van der Waals surface area contributed by atoms with E-state index in [-0.39, 0.29) is 6.03 Å². The molecule has 33 heavy (non-hydrogen) atoms. The van der Waals surface area contributed by atoms with Crippen LogP contribution in [-0.4, -0.2) is 11.0 Å². The number of hydrogen-bond acceptors (Lipinski definition) is 3. The van der Waals surface area contributed by atoms with Gasteiger partial charge in [-0.25, -0.2) is 4.79 Å². The third kappa shape index (κ3) is 6.93. The molecule has 0 fully saturated rings. The highest BCUT2D eigenvalue weighted by molar-refractivity contribution is 6.31. The fraction of sp³-hybridized carbons (Fsp3) is 0.154. The molecule has 0 atom stereocenters. The molecule has 1 aromatic heterocycles. The van der Waals surface area contributed by atoms with E-state index in [0.29, 0.717) is 18.1 Å². The number of aryl methyl sites for hydroxylation is 2. The standard InChI is InChI=1S/C18H16ClN3O.C8H10ClN/c1-12-5-6-13(9-16(12)19)10-21-18(23)22-17-4-2-3-14-11-20-8-7-15(14)17;1-6-2-3-7(5-10)4-8(6)9/h2-9,11H,10H2,1H3,(H2,21,22,23);2-4H,5,10H2,1H3. The molecule has 4 rings (SSSR count). The molecular weight excluding hydrogens is 455 g/mol. The van der Waals surface area contributed by atoms with Crippen molar-refractivity contribution in [3.05, 3.63) is 105 Å². The number of carbonyl (C=O) groups is 1. The maximum absolute atomic E-state index is 12.1. The van der Waals surface area contributed by atoms with Gasteiger partial charge in [0.15, 0.2) is 0 Å². The van der Waals surface area contributed by atoms with Gasteiger partial charge in [0.25, 0.3) is 0 Å². The van der Waals surface area contributed by atoms with Crippen molar-refractivity contribution in [3.63, 3.8) is 0 Å². The van der Waals surface area contributed by atoms with E-state index in [1.807, 2.05) is 74.5 Å². The van der Waals surface area contributed by atoms with Crippen LogP contribution in [-0.2, 0) is 13.1 Å². The summed E-state index contributed by atoms with van der Waals surface area (Å²) in [6.45, 7) is 4.89. The highest BCUT2D eigenvalue weighted by atomic mass is 35.5. The number of pyridine rings is 1. The van der Waals surface area contributed by atoms with Crippen LogP contribution in [0.5, 0.6) is 0 Å². The van der Waals surface area contributed by atoms with Crippen LogP contribution in [0.25, 0.3) is 10.8 Å². The van der Waals surface area contributed by atoms with E-state index in [1.165, 1.54) is 0 Å². The first kappa shape index (κ1) is 24.5. The summed E-state index contributed by atoms with van der Waals surface area (Å²) in [6.07, 6.45) is 3.48. The van der Waals surface area contributed by atoms with Crippen LogP contribution in [0.1, 0.15) is 22.3 Å². The second-order valence-corrected chi connectivity index (χ2v) is 8.40. The monoisotopic (exact) mass is 480 g/mol. The van der Waals surface area contributed by atoms with Gasteiger partial charge in [0.05, 0.1) is 5.69 Å². The average molecular weight is 481 g/mol. The van der Waals surface area contributed by atoms with E-state index in [1.54, 1.807) is 12.4 Å². The van der Waals surface area contributed by atoms with Crippen molar-refractivity contribution in [2.45, 2.75) is 26.9 Å². The van der Waals surface area contributed by atoms with Crippen LogP contribution < -0.4 is 16.4 Å². The topological polar surface area (TPSA) is 80.0 Å². The quantitative estimate of drug-likeness (QED) is 0.306. The maximum Gasteiger partial charge on any atom is 0.319 e. The van der Waals surface area contributed by atoms with Crippen LogP contribution in [0.4, 0.5) is 10.5 Å². The van der Waals surface area contributed by atoms with Gasteiger partial charge in [-0.15, -0.1) is 0 Å². The van der Waals surface area contributed by atoms with Crippen molar-refractivity contribution >= 4 is 45.7 Å². The highest BCUT2D eigenvalue weighted by Gasteiger charge is 2.06. The van der Waals surface area contributed by atoms with Gasteiger partial charge in [-0.05, 0) is 60.4 Å². The molecule has 0 aliphatic carbocycles. The predicted octanol–water partition coefficient (Wildman–Crippen LogP) is 6.63. The minimum atomic E-state index is -0.258. The molecular formula is C26H26Cl2N4O. The highest BCUT2D eigenvalue weighted by Crippen LogP contribution is 2.22. The van der Waals surface area contributed by atoms with Crippen LogP contribution in [0.15, 0.2) is 73.1 Å². The molecule has 1 heterocycles. The van der Waals surface area contributed by atoms with Crippen molar-refractivity contribution < 1.29 is 4.79 Å². The summed E-state index contributed by atoms with van der Waals surface area (Å²) in [4.78, 5) is 16.2. The first-order valence-corrected chi connectivity index (χ1v) is 11.2. The zero-order valence-electron chi connectivity index (χ0n) is 18.5. The molecule has 0 radical (unpaired) electrons. The zero-order chi connectivity index (χ0) is 23.8. The van der Waals surface area contributed by atoms with Crippen LogP contribution in [0.2, 0.25) is 10.0 Å². The van der Waals surface area contributed by atoms with Gasteiger partial charge in [0.1, 0.15) is 0 Å². The molecule has 5 nitrogen and oxygen atoms in total. The first-order valence-electron chi connectivity index (χ1n) is 10.4. The summed E-state index contributed by atoms with van der Waals surface area (Å²) in [6, 6.07) is 18.9. The summed E-state index contributed by atoms with van der Waals surface area (Å²) in [7, 11) is 0. The van der Waals surface area contributed by atoms with Gasteiger partial charge in [-0.3, -0.25) is 4.98 Å². The Hall–Kier alpha value is -3.12. The summed E-state index contributed by atoms with van der Waals surface area (Å²) in [5, 5.41) is 9.14. The lowest BCUT2D eigenvalue weighted by Gasteiger charge is -2.10. The van der Waals surface area contributed by atoms with E-state index in [4.69, 9.17) is 28.9 Å². The van der Waals surface area contributed by atoms with E-state index < -0.39 is 0 Å². The molecule has 0 bridgehead atoms. The molecule has 4 N–H and O–H groups in total. The Balaban J connectivity index is 0.000000257. The number of hydrogen-bond donors (Lipinski definition) is 3. The fourth-order valence-corrected chi connectivity index (χ4v) is 3.50. The van der Waals surface area contributed by atoms with E-state index >= 15 is 0 Å². The predicted molar refractivity (Wildman–Crippen MR) is 138 cm³/mol. The molecule has 0 aliphatic heterocycles. The molecule has 4 aromatic rings. The number of fused-ring (bicyclic) bond motifs is 1. The minimum Gasteiger partial charge on any atom is -0.334 e. The first-order chi connectivity index (χ1) is 15.9. The number of nitrogens with zero attached hydrogens (tertiary/aromatic N) is 1. The Morgan fingerprint density at radius 1 is 0.939 bits per heavy atom. The number of halogens is 2. The number of aromatic nitrogens is 1. The van der Waals surface area contributed by atoms with Crippen LogP contribution in [0.3, 0.4) is 0 Å². The third-order valence-electron chi connectivity index (χ3n) is 5.09. The molecule has 0 spiro atoms. The molecule has 3 aromatic carbocycles. The number of anilines is 1. The number of urea groups is 1. The minimum absolute atomic E-state index is 0.258. The third-order valence-corrected chi connectivity index (χ3v) is 5.90. The van der Waals surface area contributed by atoms with Gasteiger partial charge in [-0.2, -0.15) is 0 Å². The lowest BCUT2D eigenvalue weighted by molar-refractivity contribution is 0.252. The Morgan fingerprint density at radius 2 is 1.61 bits per heavy atom. The smallest absolute Gasteiger partial charge is 0.319 e. The second kappa shape index (κ2) is 11.7. The van der Waals surface area contributed by atoms with Gasteiger partial charge in [-0.1, -0.05) is 59.6 Å². The molecule has 0 saturated heterocycles. The normalized spacial score (nSPS) is 10.3. The van der Waals surface area contributed by atoms with E-state index in [2.05, 4.69) is 15.6 Å². The molecule has 0 aliphatic rings. The molecule has 0 saturated carbocycles. The number of nitrogens with two attached hydrogens (primary N) is 1. The van der Waals surface area contributed by atoms with Crippen molar-refractivity contribution in [3.8, 4) is 0 Å². The van der Waals surface area contributed by atoms with Crippen LogP contribution in [0, 0.1) is 13.8 Å². The molecule has 7 heteroatoms. The average Bonchev–Trinajstić information content (AvgIpc) is 2.82. The van der Waals surface area contributed by atoms with Gasteiger partial charge in [0.2, 0.25) is 0 Å². The van der Waals surface area contributed by atoms with Crippen molar-refractivity contribution in [1.82, 2.24) is 10.3 Å². The van der Waals surface area contributed by atoms with Crippen LogP contribution >= 0.6 is 23.2 Å². The number of carbonyl (C=O) groups excluding carboxylic acids is 1. The SMILES string of the molecule is Cc1ccc(CN)cc1Cl.Cc1ccc(CNC(=O)Nc2cccc3cnccc23)cc1Cl. The summed E-state index contributed by atoms with van der Waals surface area (Å²) >= 11 is 11.9. The summed E-state index contributed by atoms with van der Waals surface area (Å²) in [5.41, 5.74) is 10.3. The van der Waals surface area contributed by atoms with Crippen molar-refractivity contribution in [2.75, 3.05) is 5.32 Å². The van der Waals surface area contributed by atoms with Gasteiger partial charge in [0, 0.05) is 46.3 Å². The summed E-state index contributed by atoms with van der Waals surface area (Å²) in [5.74, 6) is 0. The Labute approximate surface area is 203 Å². The maximum atomic E-state index is 12.1. The lowest BCUT2D eigenvalue weighted by Crippen LogP contribution is -2.28.